The molecule has 0 aliphatic heterocycles. The fraction of sp³-hybridized carbons (Fsp3) is 0.500. The van der Waals surface area contributed by atoms with Gasteiger partial charge in [-0.1, -0.05) is 31.5 Å². The number of carbonyl (C=O) groups is 1. The van der Waals surface area contributed by atoms with Gasteiger partial charge in [0.2, 0.25) is 0 Å². The predicted molar refractivity (Wildman–Crippen MR) is 75.4 cm³/mol. The van der Waals surface area contributed by atoms with Crippen molar-refractivity contribution < 1.29 is 14.6 Å². The van der Waals surface area contributed by atoms with Crippen molar-refractivity contribution in [2.75, 3.05) is 6.61 Å². The lowest BCUT2D eigenvalue weighted by atomic mass is 10.2. The Bertz CT molecular complexity index is 419. The molecule has 2 N–H and O–H groups in total. The highest BCUT2D eigenvalue weighted by Crippen LogP contribution is 2.26. The van der Waals surface area contributed by atoms with E-state index in [4.69, 9.17) is 16.3 Å². The predicted octanol–water partition coefficient (Wildman–Crippen LogP) is 2.52. The van der Waals surface area contributed by atoms with Gasteiger partial charge in [0.25, 0.3) is 5.91 Å². The van der Waals surface area contributed by atoms with Crippen LogP contribution in [0.1, 0.15) is 32.3 Å². The number of nitrogens with one attached hydrogen (secondary N) is 1. The van der Waals surface area contributed by atoms with Gasteiger partial charge in [0.05, 0.1) is 6.61 Å². The molecule has 0 fully saturated rings. The summed E-state index contributed by atoms with van der Waals surface area (Å²) in [5.41, 5.74) is 0.500. The van der Waals surface area contributed by atoms with E-state index in [0.29, 0.717) is 16.3 Å². The third-order valence-electron chi connectivity index (χ3n) is 2.94. The zero-order valence-corrected chi connectivity index (χ0v) is 12.0. The Morgan fingerprint density at radius 2 is 2.11 bits per heavy atom. The second kappa shape index (κ2) is 8.02. The van der Waals surface area contributed by atoms with E-state index in [9.17, 15) is 9.90 Å². The van der Waals surface area contributed by atoms with E-state index < -0.39 is 0 Å². The van der Waals surface area contributed by atoms with Gasteiger partial charge in [-0.2, -0.15) is 0 Å². The number of rotatable bonds is 7. The van der Waals surface area contributed by atoms with E-state index in [2.05, 4.69) is 5.32 Å². The summed E-state index contributed by atoms with van der Waals surface area (Å²) < 4.78 is 5.40. The first-order valence-electron chi connectivity index (χ1n) is 6.42. The summed E-state index contributed by atoms with van der Waals surface area (Å²) in [6.45, 7) is 3.75. The third kappa shape index (κ3) is 4.73. The molecule has 19 heavy (non-hydrogen) atoms. The molecule has 0 saturated heterocycles. The maximum Gasteiger partial charge on any atom is 0.258 e. The zero-order valence-electron chi connectivity index (χ0n) is 11.3. The first kappa shape index (κ1) is 15.8. The van der Waals surface area contributed by atoms with Crippen LogP contribution in [0.3, 0.4) is 0 Å². The zero-order chi connectivity index (χ0) is 14.3. The molecule has 0 aliphatic carbocycles. The van der Waals surface area contributed by atoms with Gasteiger partial charge in [-0.15, -0.1) is 0 Å². The molecule has 1 aromatic carbocycles. The largest absolute Gasteiger partial charge is 0.483 e. The summed E-state index contributed by atoms with van der Waals surface area (Å²) in [5.74, 6) is 0.271. The topological polar surface area (TPSA) is 58.6 Å². The Kier molecular flexibility index (Phi) is 6.67. The average molecular weight is 286 g/mol. The summed E-state index contributed by atoms with van der Waals surface area (Å²) in [6, 6.07) is 5.24. The van der Waals surface area contributed by atoms with Crippen LogP contribution in [0, 0.1) is 0 Å². The Labute approximate surface area is 118 Å². The number of halogens is 1. The lowest BCUT2D eigenvalue weighted by Gasteiger charge is -2.16. The Morgan fingerprint density at radius 1 is 1.42 bits per heavy atom. The normalized spacial score (nSPS) is 10.6. The second-order valence-electron chi connectivity index (χ2n) is 4.24. The van der Waals surface area contributed by atoms with Gasteiger partial charge in [-0.05, 0) is 25.0 Å². The summed E-state index contributed by atoms with van der Waals surface area (Å²) in [6.07, 6.45) is 1.78. The van der Waals surface area contributed by atoms with E-state index in [0.717, 1.165) is 12.8 Å². The fourth-order valence-corrected chi connectivity index (χ4v) is 1.96. The number of aliphatic hydroxyl groups excluding tert-OH is 1. The van der Waals surface area contributed by atoms with E-state index in [1.54, 1.807) is 18.2 Å². The third-order valence-corrected chi connectivity index (χ3v) is 3.30. The van der Waals surface area contributed by atoms with E-state index in [1.165, 1.54) is 0 Å². The first-order chi connectivity index (χ1) is 9.12. The van der Waals surface area contributed by atoms with Gasteiger partial charge in [-0.3, -0.25) is 4.79 Å². The lowest BCUT2D eigenvalue weighted by Crippen LogP contribution is -2.37. The number of hydrogen-bond donors (Lipinski definition) is 2. The Balaban J connectivity index is 2.57. The van der Waals surface area contributed by atoms with Crippen LogP contribution in [-0.4, -0.2) is 23.7 Å². The van der Waals surface area contributed by atoms with Gasteiger partial charge in [-0.25, -0.2) is 0 Å². The van der Waals surface area contributed by atoms with Crippen LogP contribution >= 0.6 is 11.6 Å². The molecule has 1 amide bonds. The first-order valence-corrected chi connectivity index (χ1v) is 6.80. The molecule has 0 spiro atoms. The minimum Gasteiger partial charge on any atom is -0.483 e. The van der Waals surface area contributed by atoms with Crippen molar-refractivity contribution in [1.82, 2.24) is 5.32 Å². The molecule has 4 nitrogen and oxygen atoms in total. The molecule has 5 heteroatoms. The molecular formula is C14H20ClNO3. The van der Waals surface area contributed by atoms with Crippen molar-refractivity contribution in [3.05, 3.63) is 28.8 Å². The van der Waals surface area contributed by atoms with Crippen LogP contribution in [0.5, 0.6) is 5.75 Å². The molecule has 0 saturated carbocycles. The second-order valence-corrected chi connectivity index (χ2v) is 4.65. The maximum atomic E-state index is 11.7. The highest BCUT2D eigenvalue weighted by Gasteiger charge is 2.11. The number of amides is 1. The molecule has 0 aliphatic rings. The molecule has 1 rings (SSSR count). The minimum absolute atomic E-state index is 0.0795. The molecule has 0 radical (unpaired) electrons. The highest BCUT2D eigenvalue weighted by atomic mass is 35.5. The fourth-order valence-electron chi connectivity index (χ4n) is 1.73. The van der Waals surface area contributed by atoms with E-state index >= 15 is 0 Å². The van der Waals surface area contributed by atoms with Gasteiger partial charge in [0.15, 0.2) is 6.61 Å². The smallest absolute Gasteiger partial charge is 0.258 e. The number of hydrogen-bond acceptors (Lipinski definition) is 3. The van der Waals surface area contributed by atoms with Gasteiger partial charge in [0, 0.05) is 16.6 Å². The monoisotopic (exact) mass is 285 g/mol. The molecule has 0 heterocycles. The van der Waals surface area contributed by atoms with Gasteiger partial charge in [0.1, 0.15) is 5.75 Å². The standard InChI is InChI=1S/C14H20ClNO3/c1-3-10(4-2)16-14(18)9-19-13-7-5-6-12(15)11(13)8-17/h5-7,10,17H,3-4,8-9H2,1-2H3,(H,16,18). The van der Waals surface area contributed by atoms with Crippen molar-refractivity contribution >= 4 is 17.5 Å². The molecule has 0 atom stereocenters. The van der Waals surface area contributed by atoms with Crippen molar-refractivity contribution in [1.29, 1.82) is 0 Å². The van der Waals surface area contributed by atoms with Crippen LogP contribution in [0.4, 0.5) is 0 Å². The lowest BCUT2D eigenvalue weighted by molar-refractivity contribution is -0.123. The number of benzene rings is 1. The number of aliphatic hydroxyl groups is 1. The summed E-state index contributed by atoms with van der Waals surface area (Å²) >= 11 is 5.93. The Morgan fingerprint density at radius 3 is 2.68 bits per heavy atom. The maximum absolute atomic E-state index is 11.7. The van der Waals surface area contributed by atoms with Crippen molar-refractivity contribution in [3.8, 4) is 5.75 Å². The van der Waals surface area contributed by atoms with Crippen LogP contribution in [0.2, 0.25) is 5.02 Å². The molecule has 0 unspecified atom stereocenters. The SMILES string of the molecule is CCC(CC)NC(=O)COc1cccc(Cl)c1CO. The molecular weight excluding hydrogens is 266 g/mol. The summed E-state index contributed by atoms with van der Waals surface area (Å²) in [4.78, 5) is 11.7. The Hall–Kier alpha value is -1.26. The summed E-state index contributed by atoms with van der Waals surface area (Å²) in [5, 5.41) is 12.5. The van der Waals surface area contributed by atoms with Crippen LogP contribution < -0.4 is 10.1 Å². The van der Waals surface area contributed by atoms with Crippen molar-refractivity contribution in [3.63, 3.8) is 0 Å². The van der Waals surface area contributed by atoms with E-state index in [1.807, 2.05) is 13.8 Å². The van der Waals surface area contributed by atoms with Crippen LogP contribution in [-0.2, 0) is 11.4 Å². The highest BCUT2D eigenvalue weighted by molar-refractivity contribution is 6.31. The summed E-state index contributed by atoms with van der Waals surface area (Å²) in [7, 11) is 0. The van der Waals surface area contributed by atoms with Crippen molar-refractivity contribution in [2.45, 2.75) is 39.3 Å². The molecule has 0 aromatic heterocycles. The quantitative estimate of drug-likeness (QED) is 0.809. The minimum atomic E-state index is -0.219. The average Bonchev–Trinajstić information content (AvgIpc) is 2.42. The molecule has 0 bridgehead atoms. The van der Waals surface area contributed by atoms with E-state index in [-0.39, 0.29) is 25.2 Å². The van der Waals surface area contributed by atoms with Crippen LogP contribution in [0.25, 0.3) is 0 Å². The van der Waals surface area contributed by atoms with Gasteiger partial charge < -0.3 is 15.2 Å². The van der Waals surface area contributed by atoms with Crippen molar-refractivity contribution in [2.24, 2.45) is 0 Å². The van der Waals surface area contributed by atoms with Crippen LogP contribution in [0.15, 0.2) is 18.2 Å². The molecule has 1 aromatic rings. The van der Waals surface area contributed by atoms with Gasteiger partial charge >= 0.3 is 0 Å². The number of ether oxygens (including phenoxy) is 1. The number of carbonyl (C=O) groups excluding carboxylic acids is 1. The molecule has 106 valence electrons.